The minimum Gasteiger partial charge on any atom is -0.870 e. The molecule has 5 heteroatoms. The molecule has 0 saturated carbocycles. The molecule has 0 fully saturated rings. The summed E-state index contributed by atoms with van der Waals surface area (Å²) < 4.78 is 4.56. The fraction of sp³-hybridized carbons (Fsp3) is 0.800. The third-order valence-electron chi connectivity index (χ3n) is 0.807. The van der Waals surface area contributed by atoms with Crippen LogP contribution in [0, 0.1) is 0 Å². The molecule has 0 unspecified atom stereocenters. The molecular formula is C5H10NaO4-. The number of aliphatic hydroxyl groups is 1. The number of hydrogen-bond acceptors (Lipinski definition) is 4. The van der Waals surface area contributed by atoms with E-state index < -0.39 is 6.10 Å². The van der Waals surface area contributed by atoms with Crippen molar-refractivity contribution >= 4 is 6.29 Å². The zero-order valence-electron chi connectivity index (χ0n) is 6.20. The van der Waals surface area contributed by atoms with Crippen LogP contribution in [0.3, 0.4) is 0 Å². The van der Waals surface area contributed by atoms with Crippen molar-refractivity contribution in [2.75, 3.05) is 13.7 Å². The Morgan fingerprint density at radius 3 is 2.30 bits per heavy atom. The van der Waals surface area contributed by atoms with Crippen molar-refractivity contribution in [2.24, 2.45) is 0 Å². The summed E-state index contributed by atoms with van der Waals surface area (Å²) in [5.41, 5.74) is 0. The zero-order valence-corrected chi connectivity index (χ0v) is 8.20. The molecule has 0 aromatic carbocycles. The van der Waals surface area contributed by atoms with Gasteiger partial charge in [-0.3, -0.25) is 0 Å². The van der Waals surface area contributed by atoms with Gasteiger partial charge in [0.2, 0.25) is 0 Å². The van der Waals surface area contributed by atoms with Crippen molar-refractivity contribution in [3.8, 4) is 0 Å². The van der Waals surface area contributed by atoms with Gasteiger partial charge < -0.3 is 20.1 Å². The van der Waals surface area contributed by atoms with Gasteiger partial charge in [0.25, 0.3) is 0 Å². The smallest absolute Gasteiger partial charge is 0.870 e. The number of carbonyl (C=O) groups excluding carboxylic acids is 1. The molecule has 10 heavy (non-hydrogen) atoms. The maximum Gasteiger partial charge on any atom is 1.00 e. The van der Waals surface area contributed by atoms with Crippen LogP contribution in [0.2, 0.25) is 0 Å². The third-order valence-corrected chi connectivity index (χ3v) is 0.807. The summed E-state index contributed by atoms with van der Waals surface area (Å²) in [7, 11) is 1.41. The first-order valence-corrected chi connectivity index (χ1v) is 2.36. The molecule has 1 atom stereocenters. The summed E-state index contributed by atoms with van der Waals surface area (Å²) in [5.74, 6) is 0. The van der Waals surface area contributed by atoms with Crippen molar-refractivity contribution < 1.29 is 49.7 Å². The monoisotopic (exact) mass is 157 g/mol. The number of rotatable bonds is 4. The van der Waals surface area contributed by atoms with Crippen molar-refractivity contribution in [1.82, 2.24) is 0 Å². The van der Waals surface area contributed by atoms with Gasteiger partial charge in [0.15, 0.2) is 0 Å². The van der Waals surface area contributed by atoms with Crippen LogP contribution in [0.15, 0.2) is 0 Å². The molecule has 4 nitrogen and oxygen atoms in total. The Morgan fingerprint density at radius 2 is 2.20 bits per heavy atom. The van der Waals surface area contributed by atoms with Crippen LogP contribution in [0.5, 0.6) is 0 Å². The fourth-order valence-electron chi connectivity index (χ4n) is 0.342. The van der Waals surface area contributed by atoms with E-state index in [-0.39, 0.29) is 41.6 Å². The summed E-state index contributed by atoms with van der Waals surface area (Å²) >= 11 is 0. The van der Waals surface area contributed by atoms with Crippen LogP contribution >= 0.6 is 0 Å². The van der Waals surface area contributed by atoms with Crippen LogP contribution in [0.4, 0.5) is 0 Å². The minimum atomic E-state index is -0.556. The molecule has 0 amide bonds. The summed E-state index contributed by atoms with van der Waals surface area (Å²) in [6.45, 7) is -0.0340. The molecule has 0 aliphatic rings. The normalized spacial score (nSPS) is 10.6. The van der Waals surface area contributed by atoms with E-state index in [9.17, 15) is 4.79 Å². The summed E-state index contributed by atoms with van der Waals surface area (Å²) in [6.07, 6.45) is 1.40. The number of aliphatic hydroxyl groups excluding tert-OH is 1. The average molecular weight is 157 g/mol. The van der Waals surface area contributed by atoms with Gasteiger partial charge in [-0.25, -0.2) is 6.29 Å². The SMILES string of the molecule is CO[C@H]([C-]=O)CCO.[Na+].[OH-]. The molecule has 0 saturated heterocycles. The minimum absolute atomic E-state index is 0. The van der Waals surface area contributed by atoms with E-state index in [1.807, 2.05) is 0 Å². The fourth-order valence-corrected chi connectivity index (χ4v) is 0.342. The van der Waals surface area contributed by atoms with Gasteiger partial charge in [-0.15, -0.1) is 0 Å². The van der Waals surface area contributed by atoms with Gasteiger partial charge in [-0.2, -0.15) is 0 Å². The molecule has 0 bridgehead atoms. The van der Waals surface area contributed by atoms with Gasteiger partial charge in [-0.1, -0.05) is 0 Å². The average Bonchev–Trinajstić information content (AvgIpc) is 1.83. The van der Waals surface area contributed by atoms with E-state index in [1.165, 1.54) is 7.11 Å². The quantitative estimate of drug-likeness (QED) is 0.337. The molecule has 0 heterocycles. The van der Waals surface area contributed by atoms with Gasteiger partial charge in [0.1, 0.15) is 0 Å². The van der Waals surface area contributed by atoms with E-state index in [0.29, 0.717) is 6.42 Å². The molecule has 2 N–H and O–H groups in total. The summed E-state index contributed by atoms with van der Waals surface area (Å²) in [5, 5.41) is 8.24. The second-order valence-electron chi connectivity index (χ2n) is 1.35. The predicted molar refractivity (Wildman–Crippen MR) is 30.1 cm³/mol. The zero-order chi connectivity index (χ0) is 6.41. The van der Waals surface area contributed by atoms with Gasteiger partial charge >= 0.3 is 29.6 Å². The maximum atomic E-state index is 9.76. The Labute approximate surface area is 82.2 Å². The first kappa shape index (κ1) is 16.9. The Balaban J connectivity index is -0.000000245. The summed E-state index contributed by atoms with van der Waals surface area (Å²) in [4.78, 5) is 9.76. The van der Waals surface area contributed by atoms with Crippen LogP contribution < -0.4 is 29.6 Å². The van der Waals surface area contributed by atoms with E-state index in [1.54, 1.807) is 6.29 Å². The van der Waals surface area contributed by atoms with Crippen molar-refractivity contribution in [3.05, 3.63) is 0 Å². The molecule has 0 rings (SSSR count). The first-order chi connectivity index (χ1) is 3.85. The van der Waals surface area contributed by atoms with Crippen molar-refractivity contribution in [2.45, 2.75) is 12.5 Å². The van der Waals surface area contributed by atoms with E-state index in [2.05, 4.69) is 4.74 Å². The van der Waals surface area contributed by atoms with E-state index in [0.717, 1.165) is 0 Å². The first-order valence-electron chi connectivity index (χ1n) is 2.36. The van der Waals surface area contributed by atoms with Crippen LogP contribution in [0.25, 0.3) is 0 Å². The van der Waals surface area contributed by atoms with E-state index in [4.69, 9.17) is 5.11 Å². The van der Waals surface area contributed by atoms with Gasteiger partial charge in [0, 0.05) is 13.7 Å². The van der Waals surface area contributed by atoms with Crippen LogP contribution in [-0.2, 0) is 9.53 Å². The largest absolute Gasteiger partial charge is 1.00 e. The second-order valence-corrected chi connectivity index (χ2v) is 1.35. The summed E-state index contributed by atoms with van der Waals surface area (Å²) in [6, 6.07) is 0. The molecule has 56 valence electrons. The topological polar surface area (TPSA) is 76.5 Å². The molecule has 0 aliphatic heterocycles. The number of methoxy groups -OCH3 is 1. The molecule has 0 aromatic heterocycles. The number of ether oxygens (including phenoxy) is 1. The Bertz CT molecular complexity index is 68.7. The molecule has 0 radical (unpaired) electrons. The van der Waals surface area contributed by atoms with Crippen LogP contribution in [0.1, 0.15) is 6.42 Å². The van der Waals surface area contributed by atoms with Crippen molar-refractivity contribution in [3.63, 3.8) is 0 Å². The van der Waals surface area contributed by atoms with Crippen molar-refractivity contribution in [1.29, 1.82) is 0 Å². The second kappa shape index (κ2) is 12.2. The van der Waals surface area contributed by atoms with Gasteiger partial charge in [0.05, 0.1) is 0 Å². The Hall–Kier alpha value is 0.550. The predicted octanol–water partition coefficient (Wildman–Crippen LogP) is -3.68. The Morgan fingerprint density at radius 1 is 1.70 bits per heavy atom. The molecule has 0 spiro atoms. The van der Waals surface area contributed by atoms with Gasteiger partial charge in [-0.05, 0) is 12.5 Å². The third kappa shape index (κ3) is 8.55. The van der Waals surface area contributed by atoms with Crippen LogP contribution in [-0.4, -0.2) is 36.7 Å². The molecule has 0 aliphatic carbocycles. The number of hydrogen-bond donors (Lipinski definition) is 1. The maximum absolute atomic E-state index is 9.76. The molecular weight excluding hydrogens is 147 g/mol. The molecule has 0 aromatic rings. The Kier molecular flexibility index (Phi) is 20.7. The van der Waals surface area contributed by atoms with E-state index >= 15 is 0 Å². The standard InChI is InChI=1S/C5H9O3.Na.H2O/c1-8-5(4-7)2-3-6;;/h5-6H,2-3H2,1H3;;1H2/q-1;+1;/p-1/t5-;;/m0../s1.